The molecule has 0 spiro atoms. The smallest absolute Gasteiger partial charge is 0.314 e. The maximum absolute atomic E-state index is 12.0. The summed E-state index contributed by atoms with van der Waals surface area (Å²) in [5.74, 6) is 1.07. The largest absolute Gasteiger partial charge is 0.481 e. The molecule has 0 bridgehead atoms. The van der Waals surface area contributed by atoms with Gasteiger partial charge in [-0.2, -0.15) is 0 Å². The van der Waals surface area contributed by atoms with Gasteiger partial charge < -0.3 is 10.4 Å². The van der Waals surface area contributed by atoms with Gasteiger partial charge in [0.15, 0.2) is 0 Å². The highest BCUT2D eigenvalue weighted by molar-refractivity contribution is 5.89. The Kier molecular flexibility index (Phi) is 5.33. The predicted molar refractivity (Wildman–Crippen MR) is 77.1 cm³/mol. The number of carbonyl (C=O) groups is 2. The third kappa shape index (κ3) is 3.61. The normalized spacial score (nSPS) is 14.7. The van der Waals surface area contributed by atoms with Crippen LogP contribution in [0.4, 0.5) is 0 Å². The molecule has 0 aliphatic carbocycles. The standard InChI is InChI=1S/C16H19NO3/c1-4-13(5-2)17-14(18)11-16(3,15(19)20)12-9-7-6-8-10-12/h1,6-10,13H,5,11H2,2-3H3,(H,17,18)(H,19,20). The fourth-order valence-electron chi connectivity index (χ4n) is 1.94. The molecule has 2 atom stereocenters. The first-order valence-electron chi connectivity index (χ1n) is 6.48. The highest BCUT2D eigenvalue weighted by atomic mass is 16.4. The molecule has 4 nitrogen and oxygen atoms in total. The fourth-order valence-corrected chi connectivity index (χ4v) is 1.94. The number of nitrogens with one attached hydrogen (secondary N) is 1. The lowest BCUT2D eigenvalue weighted by atomic mass is 9.79. The van der Waals surface area contributed by atoms with E-state index in [2.05, 4.69) is 11.2 Å². The number of hydrogen-bond donors (Lipinski definition) is 2. The molecule has 0 radical (unpaired) electrons. The lowest BCUT2D eigenvalue weighted by Crippen LogP contribution is -2.41. The van der Waals surface area contributed by atoms with E-state index in [1.165, 1.54) is 0 Å². The van der Waals surface area contributed by atoms with Crippen molar-refractivity contribution in [3.63, 3.8) is 0 Å². The Hall–Kier alpha value is -2.28. The number of benzene rings is 1. The Morgan fingerprint density at radius 3 is 2.45 bits per heavy atom. The van der Waals surface area contributed by atoms with Gasteiger partial charge in [0, 0.05) is 6.42 Å². The molecular weight excluding hydrogens is 254 g/mol. The third-order valence-corrected chi connectivity index (χ3v) is 3.34. The van der Waals surface area contributed by atoms with Crippen molar-refractivity contribution in [3.05, 3.63) is 35.9 Å². The number of rotatable bonds is 6. The van der Waals surface area contributed by atoms with Gasteiger partial charge in [-0.05, 0) is 18.9 Å². The highest BCUT2D eigenvalue weighted by Gasteiger charge is 2.37. The summed E-state index contributed by atoms with van der Waals surface area (Å²) in [4.78, 5) is 23.6. The van der Waals surface area contributed by atoms with E-state index in [9.17, 15) is 14.7 Å². The van der Waals surface area contributed by atoms with Gasteiger partial charge in [-0.25, -0.2) is 0 Å². The molecule has 1 amide bonds. The first kappa shape index (κ1) is 15.8. The number of hydrogen-bond acceptors (Lipinski definition) is 2. The molecule has 0 heterocycles. The molecule has 2 N–H and O–H groups in total. The number of carboxylic acids is 1. The minimum Gasteiger partial charge on any atom is -0.481 e. The van der Waals surface area contributed by atoms with E-state index < -0.39 is 11.4 Å². The number of carbonyl (C=O) groups excluding carboxylic acids is 1. The molecule has 20 heavy (non-hydrogen) atoms. The van der Waals surface area contributed by atoms with Crippen LogP contribution in [0, 0.1) is 12.3 Å². The minimum absolute atomic E-state index is 0.148. The van der Waals surface area contributed by atoms with Crippen molar-refractivity contribution < 1.29 is 14.7 Å². The Morgan fingerprint density at radius 2 is 2.00 bits per heavy atom. The fraction of sp³-hybridized carbons (Fsp3) is 0.375. The van der Waals surface area contributed by atoms with Crippen molar-refractivity contribution in [2.24, 2.45) is 0 Å². The number of carboxylic acid groups (broad SMARTS) is 1. The van der Waals surface area contributed by atoms with Gasteiger partial charge in [0.2, 0.25) is 5.91 Å². The first-order valence-corrected chi connectivity index (χ1v) is 6.48. The van der Waals surface area contributed by atoms with Crippen LogP contribution in [0.3, 0.4) is 0 Å². The van der Waals surface area contributed by atoms with E-state index in [4.69, 9.17) is 6.42 Å². The van der Waals surface area contributed by atoms with E-state index in [0.29, 0.717) is 12.0 Å². The number of amides is 1. The van der Waals surface area contributed by atoms with Gasteiger partial charge in [-0.3, -0.25) is 9.59 Å². The summed E-state index contributed by atoms with van der Waals surface area (Å²) in [6, 6.07) is 8.36. The summed E-state index contributed by atoms with van der Waals surface area (Å²) >= 11 is 0. The SMILES string of the molecule is C#CC(CC)NC(=O)CC(C)(C(=O)O)c1ccccc1. The van der Waals surface area contributed by atoms with Crippen molar-refractivity contribution in [2.45, 2.75) is 38.1 Å². The van der Waals surface area contributed by atoms with Crippen molar-refractivity contribution >= 4 is 11.9 Å². The van der Waals surface area contributed by atoms with Gasteiger partial charge in [-0.15, -0.1) is 6.42 Å². The summed E-state index contributed by atoms with van der Waals surface area (Å²) in [6.45, 7) is 3.40. The molecule has 106 valence electrons. The van der Waals surface area contributed by atoms with Crippen LogP contribution in [-0.2, 0) is 15.0 Å². The van der Waals surface area contributed by atoms with Crippen molar-refractivity contribution in [3.8, 4) is 12.3 Å². The maximum atomic E-state index is 12.0. The Bertz CT molecular complexity index is 518. The van der Waals surface area contributed by atoms with Gasteiger partial charge >= 0.3 is 5.97 Å². The molecule has 0 aliphatic heterocycles. The monoisotopic (exact) mass is 273 g/mol. The number of aliphatic carboxylic acids is 1. The summed E-state index contributed by atoms with van der Waals surface area (Å²) in [5.41, 5.74) is -0.672. The molecule has 0 aliphatic rings. The molecule has 1 rings (SSSR count). The van der Waals surface area contributed by atoms with Crippen LogP contribution in [0.2, 0.25) is 0 Å². The molecule has 2 unspecified atom stereocenters. The predicted octanol–water partition coefficient (Wildman–Crippen LogP) is 1.95. The molecule has 0 aromatic heterocycles. The van der Waals surface area contributed by atoms with Crippen LogP contribution in [0.25, 0.3) is 0 Å². The van der Waals surface area contributed by atoms with E-state index in [1.54, 1.807) is 37.3 Å². The molecule has 0 fully saturated rings. The van der Waals surface area contributed by atoms with Crippen molar-refractivity contribution in [2.75, 3.05) is 0 Å². The van der Waals surface area contributed by atoms with Gasteiger partial charge in [-0.1, -0.05) is 43.2 Å². The van der Waals surface area contributed by atoms with Crippen LogP contribution < -0.4 is 5.32 Å². The molecule has 0 saturated heterocycles. The van der Waals surface area contributed by atoms with Crippen LogP contribution in [0.1, 0.15) is 32.3 Å². The quantitative estimate of drug-likeness (QED) is 0.778. The second-order valence-electron chi connectivity index (χ2n) is 4.88. The van der Waals surface area contributed by atoms with E-state index in [0.717, 1.165) is 0 Å². The molecule has 4 heteroatoms. The summed E-state index contributed by atoms with van der Waals surface area (Å²) < 4.78 is 0. The zero-order chi connectivity index (χ0) is 15.2. The topological polar surface area (TPSA) is 66.4 Å². The summed E-state index contributed by atoms with van der Waals surface area (Å²) in [7, 11) is 0. The Labute approximate surface area is 119 Å². The zero-order valence-corrected chi connectivity index (χ0v) is 11.7. The average Bonchev–Trinajstić information content (AvgIpc) is 2.45. The highest BCUT2D eigenvalue weighted by Crippen LogP contribution is 2.28. The van der Waals surface area contributed by atoms with Crippen molar-refractivity contribution in [1.29, 1.82) is 0 Å². The van der Waals surface area contributed by atoms with E-state index in [1.807, 2.05) is 6.92 Å². The van der Waals surface area contributed by atoms with Crippen LogP contribution in [-0.4, -0.2) is 23.0 Å². The van der Waals surface area contributed by atoms with Crippen LogP contribution in [0.15, 0.2) is 30.3 Å². The lowest BCUT2D eigenvalue weighted by molar-refractivity contribution is -0.145. The first-order chi connectivity index (χ1) is 9.43. The van der Waals surface area contributed by atoms with Crippen LogP contribution >= 0.6 is 0 Å². The van der Waals surface area contributed by atoms with E-state index in [-0.39, 0.29) is 18.4 Å². The molecule has 0 saturated carbocycles. The lowest BCUT2D eigenvalue weighted by Gasteiger charge is -2.25. The second kappa shape index (κ2) is 6.76. The Balaban J connectivity index is 2.92. The van der Waals surface area contributed by atoms with E-state index >= 15 is 0 Å². The van der Waals surface area contributed by atoms with Crippen LogP contribution in [0.5, 0.6) is 0 Å². The summed E-state index contributed by atoms with van der Waals surface area (Å²) in [6.07, 6.45) is 5.75. The molecular formula is C16H19NO3. The Morgan fingerprint density at radius 1 is 1.40 bits per heavy atom. The van der Waals surface area contributed by atoms with Gasteiger partial charge in [0.25, 0.3) is 0 Å². The van der Waals surface area contributed by atoms with Gasteiger partial charge in [0.1, 0.15) is 0 Å². The zero-order valence-electron chi connectivity index (χ0n) is 11.7. The maximum Gasteiger partial charge on any atom is 0.314 e. The second-order valence-corrected chi connectivity index (χ2v) is 4.88. The summed E-state index contributed by atoms with van der Waals surface area (Å²) in [5, 5.41) is 12.1. The third-order valence-electron chi connectivity index (χ3n) is 3.34. The van der Waals surface area contributed by atoms with Crippen molar-refractivity contribution in [1.82, 2.24) is 5.32 Å². The average molecular weight is 273 g/mol. The number of terminal acetylenes is 1. The minimum atomic E-state index is -1.27. The van der Waals surface area contributed by atoms with Gasteiger partial charge in [0.05, 0.1) is 11.5 Å². The molecule has 1 aromatic carbocycles. The molecule has 1 aromatic rings.